The van der Waals surface area contributed by atoms with Crippen LogP contribution in [-0.2, 0) is 9.84 Å². The van der Waals surface area contributed by atoms with E-state index in [-0.39, 0.29) is 11.3 Å². The smallest absolute Gasteiger partial charge is 0.184 e. The van der Waals surface area contributed by atoms with E-state index < -0.39 is 20.6 Å². The summed E-state index contributed by atoms with van der Waals surface area (Å²) in [5.74, 6) is 0. The molecular formula is C10H10N2O2S. The number of nitrogens with two attached hydrogens (primary N) is 1. The first-order valence-corrected chi connectivity index (χ1v) is 6.04. The molecule has 0 aliphatic heterocycles. The Hall–Kier alpha value is -1.38. The summed E-state index contributed by atoms with van der Waals surface area (Å²) in [4.78, 5) is 0.234. The lowest BCUT2D eigenvalue weighted by Crippen LogP contribution is -2.28. The SMILES string of the molecule is N#C[C@]1(N)C[C@@H]1S(=O)(=O)c1ccccc1. The molecule has 0 unspecified atom stereocenters. The number of rotatable bonds is 2. The normalized spacial score (nSPS) is 29.5. The number of nitriles is 1. The summed E-state index contributed by atoms with van der Waals surface area (Å²) < 4.78 is 23.9. The maximum Gasteiger partial charge on any atom is 0.184 e. The predicted octanol–water partition coefficient (Wildman–Crippen LogP) is 0.454. The Balaban J connectivity index is 2.37. The van der Waals surface area contributed by atoms with Crippen LogP contribution in [0.5, 0.6) is 0 Å². The van der Waals surface area contributed by atoms with Crippen molar-refractivity contribution in [2.24, 2.45) is 5.73 Å². The molecule has 2 N–H and O–H groups in total. The first-order chi connectivity index (χ1) is 7.00. The molecule has 0 saturated heterocycles. The van der Waals surface area contributed by atoms with Crippen LogP contribution in [0.1, 0.15) is 6.42 Å². The van der Waals surface area contributed by atoms with E-state index in [1.165, 1.54) is 12.1 Å². The Kier molecular flexibility index (Phi) is 2.07. The highest BCUT2D eigenvalue weighted by atomic mass is 32.2. The van der Waals surface area contributed by atoms with E-state index in [1.54, 1.807) is 18.2 Å². The van der Waals surface area contributed by atoms with Crippen molar-refractivity contribution in [3.63, 3.8) is 0 Å². The highest BCUT2D eigenvalue weighted by molar-refractivity contribution is 7.92. The Bertz CT molecular complexity index is 518. The molecule has 4 nitrogen and oxygen atoms in total. The maximum absolute atomic E-state index is 11.9. The van der Waals surface area contributed by atoms with Gasteiger partial charge in [0, 0.05) is 0 Å². The van der Waals surface area contributed by atoms with Crippen LogP contribution in [0, 0.1) is 11.3 Å². The summed E-state index contributed by atoms with van der Waals surface area (Å²) in [6.07, 6.45) is 0.223. The Morgan fingerprint density at radius 3 is 2.47 bits per heavy atom. The van der Waals surface area contributed by atoms with Gasteiger partial charge in [0.15, 0.2) is 9.84 Å². The molecule has 2 rings (SSSR count). The molecule has 1 saturated carbocycles. The van der Waals surface area contributed by atoms with Crippen molar-refractivity contribution in [2.75, 3.05) is 0 Å². The van der Waals surface area contributed by atoms with Gasteiger partial charge in [0.2, 0.25) is 0 Å². The molecule has 1 aliphatic carbocycles. The van der Waals surface area contributed by atoms with E-state index in [2.05, 4.69) is 0 Å². The van der Waals surface area contributed by atoms with Crippen LogP contribution in [0.25, 0.3) is 0 Å². The highest BCUT2D eigenvalue weighted by Crippen LogP contribution is 2.41. The van der Waals surface area contributed by atoms with Crippen LogP contribution in [0.4, 0.5) is 0 Å². The fraction of sp³-hybridized carbons (Fsp3) is 0.300. The molecule has 0 spiro atoms. The molecule has 1 fully saturated rings. The lowest BCUT2D eigenvalue weighted by molar-refractivity contribution is 0.592. The van der Waals surface area contributed by atoms with Crippen LogP contribution in [-0.4, -0.2) is 19.2 Å². The van der Waals surface area contributed by atoms with Gasteiger partial charge in [-0.15, -0.1) is 0 Å². The van der Waals surface area contributed by atoms with Gasteiger partial charge >= 0.3 is 0 Å². The summed E-state index contributed by atoms with van der Waals surface area (Å²) in [5, 5.41) is 7.95. The zero-order valence-electron chi connectivity index (χ0n) is 7.92. The summed E-state index contributed by atoms with van der Waals surface area (Å²) in [7, 11) is -3.43. The number of benzene rings is 1. The van der Waals surface area contributed by atoms with Gasteiger partial charge in [0.1, 0.15) is 10.8 Å². The second-order valence-electron chi connectivity index (χ2n) is 3.70. The van der Waals surface area contributed by atoms with E-state index >= 15 is 0 Å². The summed E-state index contributed by atoms with van der Waals surface area (Å²) in [6.45, 7) is 0. The van der Waals surface area contributed by atoms with E-state index in [1.807, 2.05) is 6.07 Å². The number of hydrogen-bond donors (Lipinski definition) is 1. The molecule has 2 atom stereocenters. The minimum absolute atomic E-state index is 0.223. The van der Waals surface area contributed by atoms with E-state index in [0.29, 0.717) is 0 Å². The third-order valence-corrected chi connectivity index (χ3v) is 4.86. The quantitative estimate of drug-likeness (QED) is 0.787. The lowest BCUT2D eigenvalue weighted by atomic mass is 10.3. The predicted molar refractivity (Wildman–Crippen MR) is 54.6 cm³/mol. The topological polar surface area (TPSA) is 83.9 Å². The van der Waals surface area contributed by atoms with Gasteiger partial charge < -0.3 is 5.73 Å². The minimum Gasteiger partial charge on any atom is -0.312 e. The average Bonchev–Trinajstić information content (AvgIpc) is 2.94. The Morgan fingerprint density at radius 2 is 2.00 bits per heavy atom. The largest absolute Gasteiger partial charge is 0.312 e. The first-order valence-electron chi connectivity index (χ1n) is 4.50. The summed E-state index contributed by atoms with van der Waals surface area (Å²) in [5.41, 5.74) is 4.39. The molecule has 0 aromatic heterocycles. The number of nitrogens with zero attached hydrogens (tertiary/aromatic N) is 1. The van der Waals surface area contributed by atoms with Crippen molar-refractivity contribution >= 4 is 9.84 Å². The summed E-state index contributed by atoms with van der Waals surface area (Å²) >= 11 is 0. The lowest BCUT2D eigenvalue weighted by Gasteiger charge is -2.04. The minimum atomic E-state index is -3.43. The zero-order valence-corrected chi connectivity index (χ0v) is 8.74. The Morgan fingerprint density at radius 1 is 1.40 bits per heavy atom. The molecule has 1 aromatic rings. The van der Waals surface area contributed by atoms with Crippen molar-refractivity contribution in [2.45, 2.75) is 22.1 Å². The summed E-state index contributed by atoms with van der Waals surface area (Å²) in [6, 6.07) is 9.93. The van der Waals surface area contributed by atoms with Crippen molar-refractivity contribution < 1.29 is 8.42 Å². The molecule has 0 bridgehead atoms. The molecule has 5 heteroatoms. The van der Waals surface area contributed by atoms with Gasteiger partial charge in [0.25, 0.3) is 0 Å². The zero-order chi connectivity index (χ0) is 11.1. The van der Waals surface area contributed by atoms with Gasteiger partial charge in [-0.2, -0.15) is 5.26 Å². The van der Waals surface area contributed by atoms with Crippen molar-refractivity contribution in [1.29, 1.82) is 5.26 Å². The molecular weight excluding hydrogens is 212 g/mol. The van der Waals surface area contributed by atoms with Gasteiger partial charge in [-0.1, -0.05) is 18.2 Å². The van der Waals surface area contributed by atoms with Crippen molar-refractivity contribution in [3.8, 4) is 6.07 Å². The molecule has 0 amide bonds. The fourth-order valence-corrected chi connectivity index (χ4v) is 3.49. The molecule has 1 aromatic carbocycles. The first kappa shape index (κ1) is 10.1. The number of hydrogen-bond acceptors (Lipinski definition) is 4. The monoisotopic (exact) mass is 222 g/mol. The van der Waals surface area contributed by atoms with Crippen LogP contribution < -0.4 is 5.73 Å². The third-order valence-electron chi connectivity index (χ3n) is 2.59. The van der Waals surface area contributed by atoms with Gasteiger partial charge in [-0.05, 0) is 18.6 Å². The molecule has 1 aliphatic rings. The van der Waals surface area contributed by atoms with Crippen molar-refractivity contribution in [3.05, 3.63) is 30.3 Å². The van der Waals surface area contributed by atoms with Crippen LogP contribution in [0.2, 0.25) is 0 Å². The van der Waals surface area contributed by atoms with Crippen LogP contribution in [0.3, 0.4) is 0 Å². The molecule has 78 valence electrons. The average molecular weight is 222 g/mol. The highest BCUT2D eigenvalue weighted by Gasteiger charge is 2.60. The maximum atomic E-state index is 11.9. The second-order valence-corrected chi connectivity index (χ2v) is 5.83. The third kappa shape index (κ3) is 1.52. The van der Waals surface area contributed by atoms with Crippen LogP contribution in [0.15, 0.2) is 35.2 Å². The molecule has 15 heavy (non-hydrogen) atoms. The number of sulfone groups is 1. The van der Waals surface area contributed by atoms with Crippen LogP contribution >= 0.6 is 0 Å². The van der Waals surface area contributed by atoms with Gasteiger partial charge in [0.05, 0.1) is 11.0 Å². The Labute approximate surface area is 88.2 Å². The standard InChI is InChI=1S/C10H10N2O2S/c11-7-10(12)6-9(10)15(13,14)8-4-2-1-3-5-8/h1-5,9H,6,12H2/t9-,10+/m0/s1. The molecule has 0 radical (unpaired) electrons. The van der Waals surface area contributed by atoms with Crippen molar-refractivity contribution in [1.82, 2.24) is 0 Å². The van der Waals surface area contributed by atoms with E-state index in [0.717, 1.165) is 0 Å². The van der Waals surface area contributed by atoms with E-state index in [9.17, 15) is 8.42 Å². The van der Waals surface area contributed by atoms with E-state index in [4.69, 9.17) is 11.0 Å². The fourth-order valence-electron chi connectivity index (χ4n) is 1.53. The second kappa shape index (κ2) is 3.05. The van der Waals surface area contributed by atoms with Gasteiger partial charge in [-0.3, -0.25) is 0 Å². The molecule has 0 heterocycles. The van der Waals surface area contributed by atoms with Gasteiger partial charge in [-0.25, -0.2) is 8.42 Å².